The number of thiophene rings is 1. The Morgan fingerprint density at radius 3 is 2.76 bits per heavy atom. The van der Waals surface area contributed by atoms with E-state index in [1.54, 1.807) is 29.5 Å². The molecule has 110 valence electrons. The van der Waals surface area contributed by atoms with Crippen molar-refractivity contribution in [2.75, 3.05) is 0 Å². The van der Waals surface area contributed by atoms with Crippen LogP contribution in [-0.2, 0) is 17.8 Å². The van der Waals surface area contributed by atoms with E-state index in [1.807, 2.05) is 24.4 Å². The molecular formula is C16H17NO3S. The standard InChI is InChI=1S/C16H17NO3S/c1-11(8-14-6-3-7-21-14)15(18)17-10-12-4-2-5-13(9-12)16(19)20/h2-7,9,11H,8,10H2,1H3,(H,17,18)(H,19,20)/t11-/m0/s1. The lowest BCUT2D eigenvalue weighted by Crippen LogP contribution is -2.29. The van der Waals surface area contributed by atoms with Crippen LogP contribution in [0.5, 0.6) is 0 Å². The van der Waals surface area contributed by atoms with Gasteiger partial charge in [-0.1, -0.05) is 25.1 Å². The maximum atomic E-state index is 12.0. The minimum Gasteiger partial charge on any atom is -0.478 e. The van der Waals surface area contributed by atoms with Crippen LogP contribution in [-0.4, -0.2) is 17.0 Å². The first-order valence-corrected chi connectivity index (χ1v) is 7.56. The number of carbonyl (C=O) groups excluding carboxylic acids is 1. The summed E-state index contributed by atoms with van der Waals surface area (Å²) in [7, 11) is 0. The Bertz CT molecular complexity index is 622. The average Bonchev–Trinajstić information content (AvgIpc) is 2.97. The fraction of sp³-hybridized carbons (Fsp3) is 0.250. The highest BCUT2D eigenvalue weighted by Crippen LogP contribution is 2.14. The van der Waals surface area contributed by atoms with Crippen LogP contribution in [0.25, 0.3) is 0 Å². The highest BCUT2D eigenvalue weighted by Gasteiger charge is 2.14. The van der Waals surface area contributed by atoms with Gasteiger partial charge in [0.15, 0.2) is 0 Å². The lowest BCUT2D eigenvalue weighted by atomic mass is 10.1. The van der Waals surface area contributed by atoms with Gasteiger partial charge < -0.3 is 10.4 Å². The van der Waals surface area contributed by atoms with E-state index in [1.165, 1.54) is 10.9 Å². The Morgan fingerprint density at radius 1 is 1.29 bits per heavy atom. The Labute approximate surface area is 127 Å². The first-order chi connectivity index (χ1) is 10.1. The predicted octanol–water partition coefficient (Wildman–Crippen LogP) is 2.94. The third kappa shape index (κ3) is 4.43. The van der Waals surface area contributed by atoms with Crippen LogP contribution in [0.2, 0.25) is 0 Å². The molecule has 0 aliphatic carbocycles. The van der Waals surface area contributed by atoms with E-state index in [2.05, 4.69) is 5.32 Å². The van der Waals surface area contributed by atoms with Crippen LogP contribution in [0.4, 0.5) is 0 Å². The van der Waals surface area contributed by atoms with Gasteiger partial charge in [-0.3, -0.25) is 4.79 Å². The summed E-state index contributed by atoms with van der Waals surface area (Å²) in [5.74, 6) is -1.09. The zero-order chi connectivity index (χ0) is 15.2. The van der Waals surface area contributed by atoms with Gasteiger partial charge in [0.05, 0.1) is 5.56 Å². The van der Waals surface area contributed by atoms with E-state index in [-0.39, 0.29) is 17.4 Å². The summed E-state index contributed by atoms with van der Waals surface area (Å²) in [6, 6.07) is 10.6. The maximum absolute atomic E-state index is 12.0. The topological polar surface area (TPSA) is 66.4 Å². The number of carbonyl (C=O) groups is 2. The molecule has 4 nitrogen and oxygen atoms in total. The van der Waals surface area contributed by atoms with Gasteiger partial charge in [-0.2, -0.15) is 0 Å². The molecule has 0 fully saturated rings. The molecule has 0 saturated heterocycles. The molecule has 2 rings (SSSR count). The molecule has 0 radical (unpaired) electrons. The van der Waals surface area contributed by atoms with Crippen LogP contribution in [0.1, 0.15) is 27.7 Å². The number of rotatable bonds is 6. The van der Waals surface area contributed by atoms with E-state index >= 15 is 0 Å². The number of carboxylic acids is 1. The molecule has 0 aliphatic heterocycles. The summed E-state index contributed by atoms with van der Waals surface area (Å²) in [5, 5.41) is 13.8. The molecule has 1 amide bonds. The monoisotopic (exact) mass is 303 g/mol. The van der Waals surface area contributed by atoms with Gasteiger partial charge in [-0.25, -0.2) is 4.79 Å². The van der Waals surface area contributed by atoms with Gasteiger partial charge in [0, 0.05) is 17.3 Å². The smallest absolute Gasteiger partial charge is 0.335 e. The summed E-state index contributed by atoms with van der Waals surface area (Å²) in [4.78, 5) is 24.1. The highest BCUT2D eigenvalue weighted by molar-refractivity contribution is 7.09. The second-order valence-corrected chi connectivity index (χ2v) is 5.94. The van der Waals surface area contributed by atoms with Crippen molar-refractivity contribution in [3.63, 3.8) is 0 Å². The van der Waals surface area contributed by atoms with Crippen molar-refractivity contribution in [2.24, 2.45) is 5.92 Å². The van der Waals surface area contributed by atoms with Gasteiger partial charge in [0.25, 0.3) is 0 Å². The Kier molecular flexibility index (Phi) is 5.11. The number of hydrogen-bond acceptors (Lipinski definition) is 3. The maximum Gasteiger partial charge on any atom is 0.335 e. The van der Waals surface area contributed by atoms with E-state index in [0.717, 1.165) is 12.0 Å². The summed E-state index contributed by atoms with van der Waals surface area (Å²) >= 11 is 1.64. The van der Waals surface area contributed by atoms with Crippen LogP contribution in [0.15, 0.2) is 41.8 Å². The SMILES string of the molecule is C[C@@H](Cc1cccs1)C(=O)NCc1cccc(C(=O)O)c1. The molecule has 5 heteroatoms. The number of carboxylic acid groups (broad SMARTS) is 1. The molecule has 0 spiro atoms. The first-order valence-electron chi connectivity index (χ1n) is 6.68. The van der Waals surface area contributed by atoms with Crippen molar-refractivity contribution in [2.45, 2.75) is 19.9 Å². The van der Waals surface area contributed by atoms with Crippen LogP contribution in [0, 0.1) is 5.92 Å². The molecule has 1 aromatic carbocycles. The molecule has 1 aromatic heterocycles. The molecule has 1 heterocycles. The number of nitrogens with one attached hydrogen (secondary N) is 1. The normalized spacial score (nSPS) is 11.9. The Hall–Kier alpha value is -2.14. The Morgan fingerprint density at radius 2 is 2.10 bits per heavy atom. The minimum absolute atomic E-state index is 0.0240. The first kappa shape index (κ1) is 15.3. The number of benzene rings is 1. The largest absolute Gasteiger partial charge is 0.478 e. The van der Waals surface area contributed by atoms with E-state index in [4.69, 9.17) is 5.11 Å². The molecule has 0 aliphatic rings. The van der Waals surface area contributed by atoms with Gasteiger partial charge in [0.2, 0.25) is 5.91 Å². The molecule has 1 atom stereocenters. The second-order valence-electron chi connectivity index (χ2n) is 4.91. The second kappa shape index (κ2) is 7.04. The van der Waals surface area contributed by atoms with Gasteiger partial charge in [-0.05, 0) is 35.6 Å². The molecule has 21 heavy (non-hydrogen) atoms. The van der Waals surface area contributed by atoms with E-state index in [0.29, 0.717) is 6.54 Å². The van der Waals surface area contributed by atoms with Crippen LogP contribution < -0.4 is 5.32 Å². The molecule has 0 saturated carbocycles. The van der Waals surface area contributed by atoms with Crippen molar-refractivity contribution in [3.05, 3.63) is 57.8 Å². The van der Waals surface area contributed by atoms with E-state index in [9.17, 15) is 9.59 Å². The lowest BCUT2D eigenvalue weighted by Gasteiger charge is -2.11. The molecule has 2 aromatic rings. The fourth-order valence-corrected chi connectivity index (χ4v) is 2.84. The van der Waals surface area contributed by atoms with Crippen LogP contribution in [0.3, 0.4) is 0 Å². The summed E-state index contributed by atoms with van der Waals surface area (Å²) in [6.45, 7) is 2.23. The van der Waals surface area contributed by atoms with E-state index < -0.39 is 5.97 Å². The van der Waals surface area contributed by atoms with Crippen molar-refractivity contribution >= 4 is 23.2 Å². The fourth-order valence-electron chi connectivity index (χ4n) is 2.00. The lowest BCUT2D eigenvalue weighted by molar-refractivity contribution is -0.124. The number of aromatic carboxylic acids is 1. The van der Waals surface area contributed by atoms with Gasteiger partial charge >= 0.3 is 5.97 Å². The molecule has 0 unspecified atom stereocenters. The average molecular weight is 303 g/mol. The highest BCUT2D eigenvalue weighted by atomic mass is 32.1. The molecule has 0 bridgehead atoms. The third-order valence-corrected chi connectivity index (χ3v) is 4.07. The minimum atomic E-state index is -0.964. The predicted molar refractivity (Wildman–Crippen MR) is 82.4 cm³/mol. The van der Waals surface area contributed by atoms with Crippen molar-refractivity contribution in [1.82, 2.24) is 5.32 Å². The number of amides is 1. The Balaban J connectivity index is 1.88. The zero-order valence-electron chi connectivity index (χ0n) is 11.7. The van der Waals surface area contributed by atoms with Crippen molar-refractivity contribution in [3.8, 4) is 0 Å². The molecular weight excluding hydrogens is 286 g/mol. The third-order valence-electron chi connectivity index (χ3n) is 3.18. The van der Waals surface area contributed by atoms with Crippen molar-refractivity contribution < 1.29 is 14.7 Å². The quantitative estimate of drug-likeness (QED) is 0.862. The van der Waals surface area contributed by atoms with Gasteiger partial charge in [0.1, 0.15) is 0 Å². The van der Waals surface area contributed by atoms with Crippen LogP contribution >= 0.6 is 11.3 Å². The summed E-state index contributed by atoms with van der Waals surface area (Å²) in [6.07, 6.45) is 0.721. The molecule has 2 N–H and O–H groups in total. The summed E-state index contributed by atoms with van der Waals surface area (Å²) < 4.78 is 0. The summed E-state index contributed by atoms with van der Waals surface area (Å²) in [5.41, 5.74) is 1.01. The van der Waals surface area contributed by atoms with Crippen molar-refractivity contribution in [1.29, 1.82) is 0 Å². The number of hydrogen-bond donors (Lipinski definition) is 2. The van der Waals surface area contributed by atoms with Gasteiger partial charge in [-0.15, -0.1) is 11.3 Å². The zero-order valence-corrected chi connectivity index (χ0v) is 12.5.